The number of amidine groups is 1. The van der Waals surface area contributed by atoms with Gasteiger partial charge in [-0.3, -0.25) is 9.59 Å². The molecule has 1 unspecified atom stereocenters. The van der Waals surface area contributed by atoms with Gasteiger partial charge in [0.1, 0.15) is 5.25 Å². The van der Waals surface area contributed by atoms with Crippen LogP contribution in [0.5, 0.6) is 0 Å². The van der Waals surface area contributed by atoms with Crippen molar-refractivity contribution in [1.82, 2.24) is 4.90 Å². The fourth-order valence-electron chi connectivity index (χ4n) is 2.59. The maximum Gasteiger partial charge on any atom is 0.337 e. The summed E-state index contributed by atoms with van der Waals surface area (Å²) in [7, 11) is 1.31. The average molecular weight is 377 g/mol. The summed E-state index contributed by atoms with van der Waals surface area (Å²) < 4.78 is 9.92. The van der Waals surface area contributed by atoms with E-state index in [2.05, 4.69) is 15.0 Å². The fourth-order valence-corrected chi connectivity index (χ4v) is 3.70. The molecular weight excluding hydrogens is 358 g/mol. The van der Waals surface area contributed by atoms with Crippen LogP contribution < -0.4 is 5.32 Å². The molecule has 3 rings (SSSR count). The molecule has 1 fully saturated rings. The molecule has 1 N–H and O–H groups in total. The maximum absolute atomic E-state index is 12.2. The topological polar surface area (TPSA) is 97.3 Å². The Bertz CT molecular complexity index is 728. The molecule has 0 aromatic heterocycles. The van der Waals surface area contributed by atoms with Crippen molar-refractivity contribution in [2.24, 2.45) is 4.99 Å². The molecular formula is C17H19N3O5S. The van der Waals surface area contributed by atoms with Crippen LogP contribution in [0.2, 0.25) is 0 Å². The number of esters is 1. The minimum absolute atomic E-state index is 0.0413. The normalized spacial score (nSPS) is 19.9. The van der Waals surface area contributed by atoms with Crippen LogP contribution in [0, 0.1) is 0 Å². The lowest BCUT2D eigenvalue weighted by Gasteiger charge is -2.27. The van der Waals surface area contributed by atoms with Crippen LogP contribution in [0.15, 0.2) is 29.3 Å². The molecule has 2 amide bonds. The van der Waals surface area contributed by atoms with E-state index in [1.807, 2.05) is 4.90 Å². The van der Waals surface area contributed by atoms with Crippen molar-refractivity contribution < 1.29 is 23.9 Å². The van der Waals surface area contributed by atoms with Gasteiger partial charge in [0.15, 0.2) is 5.17 Å². The highest BCUT2D eigenvalue weighted by Crippen LogP contribution is 2.28. The predicted octanol–water partition coefficient (Wildman–Crippen LogP) is 1.13. The van der Waals surface area contributed by atoms with E-state index in [0.29, 0.717) is 42.7 Å². The van der Waals surface area contributed by atoms with Crippen molar-refractivity contribution in [1.29, 1.82) is 0 Å². The number of anilines is 1. The molecule has 0 aliphatic carbocycles. The van der Waals surface area contributed by atoms with Gasteiger partial charge in [-0.05, 0) is 24.3 Å². The zero-order valence-corrected chi connectivity index (χ0v) is 15.1. The zero-order valence-electron chi connectivity index (χ0n) is 14.3. The van der Waals surface area contributed by atoms with Gasteiger partial charge in [-0.2, -0.15) is 4.99 Å². The largest absolute Gasteiger partial charge is 0.465 e. The summed E-state index contributed by atoms with van der Waals surface area (Å²) in [5.41, 5.74) is 0.947. The second kappa shape index (κ2) is 8.33. The number of nitrogens with zero attached hydrogens (tertiary/aromatic N) is 2. The Balaban J connectivity index is 1.52. The minimum Gasteiger partial charge on any atom is -0.465 e. The summed E-state index contributed by atoms with van der Waals surface area (Å²) in [5, 5.41) is 2.88. The predicted molar refractivity (Wildman–Crippen MR) is 97.2 cm³/mol. The Morgan fingerprint density at radius 1 is 1.31 bits per heavy atom. The lowest BCUT2D eigenvalue weighted by atomic mass is 10.2. The summed E-state index contributed by atoms with van der Waals surface area (Å²) in [4.78, 5) is 41.8. The van der Waals surface area contributed by atoms with Crippen molar-refractivity contribution in [2.75, 3.05) is 38.7 Å². The first-order valence-corrected chi connectivity index (χ1v) is 9.05. The lowest BCUT2D eigenvalue weighted by molar-refractivity contribution is -0.121. The standard InChI is InChI=1S/C17H19N3O5S/c1-24-16(23)11-2-4-12(5-3-11)18-14(21)10-13-15(22)19-17(26-13)20-6-8-25-9-7-20/h2-5,13H,6-10H2,1H3,(H,18,21). The first-order valence-electron chi connectivity index (χ1n) is 8.17. The molecule has 1 atom stereocenters. The molecule has 0 bridgehead atoms. The number of nitrogens with one attached hydrogen (secondary N) is 1. The van der Waals surface area contributed by atoms with Gasteiger partial charge >= 0.3 is 5.97 Å². The molecule has 0 spiro atoms. The molecule has 2 aliphatic rings. The second-order valence-corrected chi connectivity index (χ2v) is 6.93. The summed E-state index contributed by atoms with van der Waals surface area (Å²) >= 11 is 1.32. The van der Waals surface area contributed by atoms with E-state index in [1.54, 1.807) is 24.3 Å². The van der Waals surface area contributed by atoms with E-state index in [0.717, 1.165) is 0 Å². The highest BCUT2D eigenvalue weighted by molar-refractivity contribution is 8.15. The number of methoxy groups -OCH3 is 1. The summed E-state index contributed by atoms with van der Waals surface area (Å²) in [6.45, 7) is 2.62. The van der Waals surface area contributed by atoms with Crippen LogP contribution in [-0.2, 0) is 19.1 Å². The molecule has 8 nitrogen and oxygen atoms in total. The van der Waals surface area contributed by atoms with Gasteiger partial charge < -0.3 is 19.7 Å². The molecule has 1 aromatic carbocycles. The molecule has 1 saturated heterocycles. The number of carbonyl (C=O) groups excluding carboxylic acids is 3. The molecule has 138 valence electrons. The average Bonchev–Trinajstić information content (AvgIpc) is 3.03. The minimum atomic E-state index is -0.512. The number of ether oxygens (including phenoxy) is 2. The smallest absolute Gasteiger partial charge is 0.337 e. The van der Waals surface area contributed by atoms with E-state index in [1.165, 1.54) is 18.9 Å². The first kappa shape index (κ1) is 18.4. The highest BCUT2D eigenvalue weighted by Gasteiger charge is 2.33. The number of morpholine rings is 1. The highest BCUT2D eigenvalue weighted by atomic mass is 32.2. The van der Waals surface area contributed by atoms with E-state index in [-0.39, 0.29) is 18.2 Å². The van der Waals surface area contributed by atoms with Crippen LogP contribution in [0.25, 0.3) is 0 Å². The van der Waals surface area contributed by atoms with E-state index >= 15 is 0 Å². The quantitative estimate of drug-likeness (QED) is 0.786. The fraction of sp³-hybridized carbons (Fsp3) is 0.412. The number of hydrogen-bond acceptors (Lipinski definition) is 7. The Morgan fingerprint density at radius 2 is 2.00 bits per heavy atom. The zero-order chi connectivity index (χ0) is 18.5. The monoisotopic (exact) mass is 377 g/mol. The first-order chi connectivity index (χ1) is 12.6. The molecule has 0 saturated carbocycles. The van der Waals surface area contributed by atoms with Gasteiger partial charge in [-0.25, -0.2) is 4.79 Å². The van der Waals surface area contributed by atoms with Gasteiger partial charge in [-0.15, -0.1) is 0 Å². The maximum atomic E-state index is 12.2. The van der Waals surface area contributed by atoms with Crippen LogP contribution >= 0.6 is 11.8 Å². The Hall–Kier alpha value is -2.39. The third-order valence-corrected chi connectivity index (χ3v) is 5.18. The summed E-state index contributed by atoms with van der Waals surface area (Å²) in [6.07, 6.45) is 0.0413. The van der Waals surface area contributed by atoms with Crippen LogP contribution in [-0.4, -0.2) is 66.5 Å². The molecule has 9 heteroatoms. The molecule has 2 aliphatic heterocycles. The van der Waals surface area contributed by atoms with E-state index in [9.17, 15) is 14.4 Å². The molecule has 2 heterocycles. The summed E-state index contributed by atoms with van der Waals surface area (Å²) in [6, 6.07) is 6.36. The van der Waals surface area contributed by atoms with Gasteiger partial charge in [-0.1, -0.05) is 11.8 Å². The number of amides is 2. The number of thioether (sulfide) groups is 1. The molecule has 1 aromatic rings. The number of rotatable bonds is 4. The second-order valence-electron chi connectivity index (χ2n) is 5.76. The number of aliphatic imine (C=N–C) groups is 1. The SMILES string of the molecule is COC(=O)c1ccc(NC(=O)CC2SC(N3CCOCC3)=NC2=O)cc1. The number of hydrogen-bond donors (Lipinski definition) is 1. The van der Waals surface area contributed by atoms with Crippen molar-refractivity contribution in [3.63, 3.8) is 0 Å². The van der Waals surface area contributed by atoms with E-state index < -0.39 is 11.2 Å². The lowest BCUT2D eigenvalue weighted by Crippen LogP contribution is -2.39. The third-order valence-electron chi connectivity index (χ3n) is 3.97. The van der Waals surface area contributed by atoms with E-state index in [4.69, 9.17) is 4.74 Å². The van der Waals surface area contributed by atoms with Crippen LogP contribution in [0.3, 0.4) is 0 Å². The van der Waals surface area contributed by atoms with Gasteiger partial charge in [0.05, 0.1) is 25.9 Å². The third kappa shape index (κ3) is 4.41. The summed E-state index contributed by atoms with van der Waals surface area (Å²) in [5.74, 6) is -1.00. The van der Waals surface area contributed by atoms with Crippen molar-refractivity contribution in [3.05, 3.63) is 29.8 Å². The number of carbonyl (C=O) groups is 3. The Morgan fingerprint density at radius 3 is 2.65 bits per heavy atom. The van der Waals surface area contributed by atoms with Crippen molar-refractivity contribution in [2.45, 2.75) is 11.7 Å². The van der Waals surface area contributed by atoms with Gasteiger partial charge in [0.25, 0.3) is 5.91 Å². The molecule has 26 heavy (non-hydrogen) atoms. The van der Waals surface area contributed by atoms with Crippen molar-refractivity contribution in [3.8, 4) is 0 Å². The van der Waals surface area contributed by atoms with Crippen LogP contribution in [0.4, 0.5) is 5.69 Å². The van der Waals surface area contributed by atoms with Gasteiger partial charge in [0, 0.05) is 25.2 Å². The molecule has 0 radical (unpaired) electrons. The number of benzene rings is 1. The Labute approximate surface area is 154 Å². The van der Waals surface area contributed by atoms with Gasteiger partial charge in [0.2, 0.25) is 5.91 Å². The van der Waals surface area contributed by atoms with Crippen LogP contribution in [0.1, 0.15) is 16.8 Å². The van der Waals surface area contributed by atoms with Crippen molar-refractivity contribution >= 4 is 40.4 Å². The Kier molecular flexibility index (Phi) is 5.89.